The van der Waals surface area contributed by atoms with E-state index >= 15 is 0 Å². The summed E-state index contributed by atoms with van der Waals surface area (Å²) in [5, 5.41) is 10.4. The topological polar surface area (TPSA) is 55.1 Å². The fourth-order valence-electron chi connectivity index (χ4n) is 1.84. The zero-order chi connectivity index (χ0) is 11.7. The molecule has 0 unspecified atom stereocenters. The van der Waals surface area contributed by atoms with Crippen molar-refractivity contribution in [2.24, 2.45) is 5.92 Å². The fraction of sp³-hybridized carbons (Fsp3) is 0.636. The van der Waals surface area contributed by atoms with Crippen molar-refractivity contribution in [1.82, 2.24) is 9.55 Å². The summed E-state index contributed by atoms with van der Waals surface area (Å²) in [6.07, 6.45) is 1.58. The van der Waals surface area contributed by atoms with Gasteiger partial charge in [0.15, 0.2) is 5.16 Å². The van der Waals surface area contributed by atoms with E-state index < -0.39 is 0 Å². The molecule has 0 aromatic carbocycles. The maximum atomic E-state index is 12.1. The molecule has 1 aromatic rings. The van der Waals surface area contributed by atoms with Gasteiger partial charge in [-0.15, -0.1) is 0 Å². The lowest BCUT2D eigenvalue weighted by Gasteiger charge is -2.18. The van der Waals surface area contributed by atoms with Gasteiger partial charge in [0, 0.05) is 12.3 Å². The highest BCUT2D eigenvalue weighted by atomic mass is 32.2. The van der Waals surface area contributed by atoms with Crippen LogP contribution in [0.5, 0.6) is 5.88 Å². The first-order valence-electron chi connectivity index (χ1n) is 5.55. The van der Waals surface area contributed by atoms with Gasteiger partial charge >= 0.3 is 0 Å². The third-order valence-corrected chi connectivity index (χ3v) is 3.64. The number of thioether (sulfide) groups is 1. The smallest absolute Gasteiger partial charge is 0.261 e. The Hall–Kier alpha value is -0.970. The Labute approximate surface area is 98.7 Å². The molecule has 0 radical (unpaired) electrons. The van der Waals surface area contributed by atoms with Crippen LogP contribution in [0, 0.1) is 5.92 Å². The Morgan fingerprint density at radius 2 is 2.31 bits per heavy atom. The normalized spacial score (nSPS) is 15.2. The number of nitrogens with zero attached hydrogens (tertiary/aromatic N) is 2. The summed E-state index contributed by atoms with van der Waals surface area (Å²) in [6, 6.07) is 0. The van der Waals surface area contributed by atoms with E-state index in [9.17, 15) is 9.90 Å². The van der Waals surface area contributed by atoms with Crippen molar-refractivity contribution in [3.05, 3.63) is 15.9 Å². The van der Waals surface area contributed by atoms with E-state index in [-0.39, 0.29) is 11.4 Å². The fourth-order valence-corrected chi connectivity index (χ4v) is 2.78. The average Bonchev–Trinajstić information content (AvgIpc) is 2.24. The maximum absolute atomic E-state index is 12.1. The molecule has 4 nitrogen and oxygen atoms in total. The molecule has 16 heavy (non-hydrogen) atoms. The van der Waals surface area contributed by atoms with Gasteiger partial charge in [0.05, 0.1) is 5.56 Å². The van der Waals surface area contributed by atoms with Crippen LogP contribution in [0.4, 0.5) is 0 Å². The molecule has 88 valence electrons. The molecule has 0 spiro atoms. The quantitative estimate of drug-likeness (QED) is 0.798. The number of rotatable bonds is 2. The highest BCUT2D eigenvalue weighted by molar-refractivity contribution is 7.99. The summed E-state index contributed by atoms with van der Waals surface area (Å²) in [6.45, 7) is 4.77. The lowest BCUT2D eigenvalue weighted by Crippen LogP contribution is -2.29. The minimum absolute atomic E-state index is 0.0663. The minimum Gasteiger partial charge on any atom is -0.493 e. The van der Waals surface area contributed by atoms with Crippen molar-refractivity contribution in [3.63, 3.8) is 0 Å². The summed E-state index contributed by atoms with van der Waals surface area (Å²) in [4.78, 5) is 16.2. The standard InChI is InChI=1S/C11H16N2O2S/c1-7(2)6-8-9(14)12-11-13(10(8)15)4-3-5-16-11/h7,14H,3-6H2,1-2H3. The largest absolute Gasteiger partial charge is 0.493 e. The van der Waals surface area contributed by atoms with Crippen molar-refractivity contribution in [3.8, 4) is 5.88 Å². The molecule has 2 rings (SSSR count). The number of fused-ring (bicyclic) bond motifs is 1. The van der Waals surface area contributed by atoms with Gasteiger partial charge in [-0.1, -0.05) is 25.6 Å². The molecule has 0 saturated carbocycles. The summed E-state index contributed by atoms with van der Waals surface area (Å²) in [5.74, 6) is 1.23. The van der Waals surface area contributed by atoms with Gasteiger partial charge in [-0.3, -0.25) is 9.36 Å². The van der Waals surface area contributed by atoms with E-state index in [0.29, 0.717) is 23.1 Å². The highest BCUT2D eigenvalue weighted by Crippen LogP contribution is 2.24. The molecular formula is C11H16N2O2S. The van der Waals surface area contributed by atoms with Crippen molar-refractivity contribution < 1.29 is 5.11 Å². The third kappa shape index (κ3) is 2.09. The minimum atomic E-state index is -0.0839. The second kappa shape index (κ2) is 4.49. The third-order valence-electron chi connectivity index (χ3n) is 2.58. The Balaban J connectivity index is 2.50. The van der Waals surface area contributed by atoms with Crippen LogP contribution in [0.25, 0.3) is 0 Å². The van der Waals surface area contributed by atoms with Gasteiger partial charge in [0.2, 0.25) is 5.88 Å². The van der Waals surface area contributed by atoms with Crippen molar-refractivity contribution in [1.29, 1.82) is 0 Å². The summed E-state index contributed by atoms with van der Waals surface area (Å²) >= 11 is 1.54. The van der Waals surface area contributed by atoms with Crippen LogP contribution in [0.15, 0.2) is 9.95 Å². The predicted octanol–water partition coefficient (Wildman–Crippen LogP) is 1.64. The van der Waals surface area contributed by atoms with Crippen molar-refractivity contribution in [2.45, 2.75) is 38.4 Å². The predicted molar refractivity (Wildman–Crippen MR) is 64.0 cm³/mol. The molecule has 0 fully saturated rings. The zero-order valence-electron chi connectivity index (χ0n) is 9.56. The average molecular weight is 240 g/mol. The molecule has 1 aromatic heterocycles. The monoisotopic (exact) mass is 240 g/mol. The molecular weight excluding hydrogens is 224 g/mol. The van der Waals surface area contributed by atoms with E-state index in [0.717, 1.165) is 18.7 Å². The van der Waals surface area contributed by atoms with E-state index in [1.165, 1.54) is 11.8 Å². The van der Waals surface area contributed by atoms with Crippen LogP contribution in [-0.2, 0) is 13.0 Å². The van der Waals surface area contributed by atoms with Crippen LogP contribution >= 0.6 is 11.8 Å². The van der Waals surface area contributed by atoms with Crippen molar-refractivity contribution >= 4 is 11.8 Å². The van der Waals surface area contributed by atoms with Gasteiger partial charge < -0.3 is 5.11 Å². The first-order valence-corrected chi connectivity index (χ1v) is 6.53. The second-order valence-corrected chi connectivity index (χ2v) is 5.52. The van der Waals surface area contributed by atoms with Crippen LogP contribution < -0.4 is 5.56 Å². The van der Waals surface area contributed by atoms with Gasteiger partial charge in [0.1, 0.15) is 0 Å². The van der Waals surface area contributed by atoms with Gasteiger partial charge in [-0.2, -0.15) is 4.98 Å². The molecule has 1 aliphatic rings. The van der Waals surface area contributed by atoms with E-state index in [2.05, 4.69) is 4.98 Å². The van der Waals surface area contributed by atoms with Crippen LogP contribution in [-0.4, -0.2) is 20.4 Å². The van der Waals surface area contributed by atoms with Gasteiger partial charge in [-0.05, 0) is 18.8 Å². The highest BCUT2D eigenvalue weighted by Gasteiger charge is 2.19. The van der Waals surface area contributed by atoms with Crippen LogP contribution in [0.3, 0.4) is 0 Å². The number of hydrogen-bond acceptors (Lipinski definition) is 4. The lowest BCUT2D eigenvalue weighted by molar-refractivity contribution is 0.414. The molecule has 5 heteroatoms. The second-order valence-electron chi connectivity index (χ2n) is 4.45. The zero-order valence-corrected chi connectivity index (χ0v) is 10.4. The van der Waals surface area contributed by atoms with E-state index in [1.807, 2.05) is 13.8 Å². The van der Waals surface area contributed by atoms with E-state index in [1.54, 1.807) is 4.57 Å². The van der Waals surface area contributed by atoms with E-state index in [4.69, 9.17) is 0 Å². The molecule has 0 amide bonds. The van der Waals surface area contributed by atoms with Crippen molar-refractivity contribution in [2.75, 3.05) is 5.75 Å². The Kier molecular flexibility index (Phi) is 3.23. The summed E-state index contributed by atoms with van der Waals surface area (Å²) in [5.41, 5.74) is 0.393. The Morgan fingerprint density at radius 3 is 3.00 bits per heavy atom. The first kappa shape index (κ1) is 11.5. The molecule has 0 saturated heterocycles. The van der Waals surface area contributed by atoms with Crippen LogP contribution in [0.2, 0.25) is 0 Å². The number of aromatic hydroxyl groups is 1. The molecule has 2 heterocycles. The molecule has 0 atom stereocenters. The summed E-state index contributed by atoms with van der Waals surface area (Å²) < 4.78 is 1.69. The molecule has 0 bridgehead atoms. The molecule has 1 aliphatic heterocycles. The van der Waals surface area contributed by atoms with Crippen LogP contribution in [0.1, 0.15) is 25.8 Å². The maximum Gasteiger partial charge on any atom is 0.261 e. The SMILES string of the molecule is CC(C)Cc1c(O)nc2n(c1=O)CCCS2. The van der Waals surface area contributed by atoms with Gasteiger partial charge in [0.25, 0.3) is 5.56 Å². The number of aromatic nitrogens is 2. The summed E-state index contributed by atoms with van der Waals surface area (Å²) in [7, 11) is 0. The lowest BCUT2D eigenvalue weighted by atomic mass is 10.1. The Bertz CT molecular complexity index is 454. The Morgan fingerprint density at radius 1 is 1.56 bits per heavy atom. The number of hydrogen-bond donors (Lipinski definition) is 1. The molecule has 1 N–H and O–H groups in total. The first-order chi connectivity index (χ1) is 7.59. The molecule has 0 aliphatic carbocycles. The van der Waals surface area contributed by atoms with Gasteiger partial charge in [-0.25, -0.2) is 0 Å².